The van der Waals surface area contributed by atoms with Crippen LogP contribution in [-0.2, 0) is 0 Å². The Labute approximate surface area is 67.6 Å². The van der Waals surface area contributed by atoms with Crippen molar-refractivity contribution >= 4 is 29.3 Å². The maximum absolute atomic E-state index is 8.22. The Morgan fingerprint density at radius 2 is 2.60 bits per heavy atom. The number of thioether (sulfide) groups is 1. The molecule has 0 radical (unpaired) electrons. The van der Waals surface area contributed by atoms with Gasteiger partial charge in [-0.3, -0.25) is 0 Å². The molecule has 0 saturated heterocycles. The third-order valence-electron chi connectivity index (χ3n) is 1.04. The van der Waals surface area contributed by atoms with Gasteiger partial charge >= 0.3 is 0 Å². The van der Waals surface area contributed by atoms with E-state index in [0.717, 1.165) is 5.56 Å². The lowest BCUT2D eigenvalue weighted by atomic mass is 10.4. The molecule has 0 amide bonds. The van der Waals surface area contributed by atoms with Crippen LogP contribution < -0.4 is 0 Å². The molecule has 1 heterocycles. The first-order valence-corrected chi connectivity index (χ1v) is 4.78. The first-order valence-electron chi connectivity index (χ1n) is 2.67. The quantitative estimate of drug-likeness (QED) is 0.322. The zero-order valence-corrected chi connectivity index (χ0v) is 7.08. The van der Waals surface area contributed by atoms with Crippen molar-refractivity contribution in [3.63, 3.8) is 0 Å². The van der Waals surface area contributed by atoms with E-state index < -0.39 is 0 Å². The number of rotatable bonds is 2. The summed E-state index contributed by atoms with van der Waals surface area (Å²) < 4.78 is 1.18. The summed E-state index contributed by atoms with van der Waals surface area (Å²) in [5, 5.41) is 13.2. The van der Waals surface area contributed by atoms with Gasteiger partial charge < -0.3 is 5.21 Å². The van der Waals surface area contributed by atoms with Crippen LogP contribution in [0.1, 0.15) is 5.56 Å². The zero-order valence-electron chi connectivity index (χ0n) is 5.44. The minimum absolute atomic E-state index is 0.986. The molecule has 0 aliphatic heterocycles. The third kappa shape index (κ3) is 1.52. The molecular weight excluding hydrogens is 166 g/mol. The van der Waals surface area contributed by atoms with Crippen LogP contribution in [0.25, 0.3) is 0 Å². The van der Waals surface area contributed by atoms with E-state index in [9.17, 15) is 0 Å². The number of thiophene rings is 1. The van der Waals surface area contributed by atoms with Gasteiger partial charge in [0, 0.05) is 5.56 Å². The molecule has 4 heteroatoms. The Hall–Kier alpha value is -0.480. The fourth-order valence-corrected chi connectivity index (χ4v) is 2.13. The molecule has 2 nitrogen and oxygen atoms in total. The largest absolute Gasteiger partial charge is 0.411 e. The van der Waals surface area contributed by atoms with Crippen molar-refractivity contribution in [1.82, 2.24) is 0 Å². The van der Waals surface area contributed by atoms with Crippen LogP contribution in [-0.4, -0.2) is 17.7 Å². The molecule has 0 atom stereocenters. The lowest BCUT2D eigenvalue weighted by molar-refractivity contribution is 0.322. The van der Waals surface area contributed by atoms with Crippen LogP contribution in [0.4, 0.5) is 0 Å². The summed E-state index contributed by atoms with van der Waals surface area (Å²) >= 11 is 3.31. The van der Waals surface area contributed by atoms with Gasteiger partial charge in [-0.05, 0) is 17.7 Å². The Bertz CT molecular complexity index is 231. The molecule has 54 valence electrons. The molecule has 0 aliphatic carbocycles. The molecular formula is C6H7NOS2. The number of nitrogens with zero attached hydrogens (tertiary/aromatic N) is 1. The van der Waals surface area contributed by atoms with Crippen LogP contribution >= 0.6 is 23.1 Å². The standard InChI is InChI=1S/C6H7NOS2/c1-9-6-5(4-7-8)2-3-10-6/h2-4,8H,1H3. The Morgan fingerprint density at radius 3 is 3.20 bits per heavy atom. The summed E-state index contributed by atoms with van der Waals surface area (Å²) in [5.41, 5.74) is 0.986. The minimum atomic E-state index is 0.986. The highest BCUT2D eigenvalue weighted by molar-refractivity contribution is 8.00. The van der Waals surface area contributed by atoms with Gasteiger partial charge in [-0.1, -0.05) is 5.16 Å². The molecule has 0 aromatic carbocycles. The molecule has 1 aromatic heterocycles. The highest BCUT2D eigenvalue weighted by Gasteiger charge is 1.98. The van der Waals surface area contributed by atoms with Crippen molar-refractivity contribution < 1.29 is 5.21 Å². The average Bonchev–Trinajstić information content (AvgIpc) is 2.36. The number of hydrogen-bond acceptors (Lipinski definition) is 4. The maximum atomic E-state index is 8.22. The molecule has 0 bridgehead atoms. The predicted molar refractivity (Wildman–Crippen MR) is 45.5 cm³/mol. The first-order chi connectivity index (χ1) is 4.88. The SMILES string of the molecule is CSc1sccc1C=NO. The summed E-state index contributed by atoms with van der Waals surface area (Å²) in [5.74, 6) is 0. The molecule has 0 fully saturated rings. The summed E-state index contributed by atoms with van der Waals surface area (Å²) in [7, 11) is 0. The molecule has 1 rings (SSSR count). The van der Waals surface area contributed by atoms with E-state index in [-0.39, 0.29) is 0 Å². The number of hydrogen-bond donors (Lipinski definition) is 1. The van der Waals surface area contributed by atoms with Crippen molar-refractivity contribution in [3.05, 3.63) is 17.0 Å². The second kappa shape index (κ2) is 3.63. The van der Waals surface area contributed by atoms with Crippen molar-refractivity contribution in [2.75, 3.05) is 6.26 Å². The van der Waals surface area contributed by atoms with Gasteiger partial charge in [0.15, 0.2) is 0 Å². The minimum Gasteiger partial charge on any atom is -0.411 e. The summed E-state index contributed by atoms with van der Waals surface area (Å²) in [6.45, 7) is 0. The van der Waals surface area contributed by atoms with E-state index in [1.54, 1.807) is 23.1 Å². The van der Waals surface area contributed by atoms with Crippen LogP contribution in [0.2, 0.25) is 0 Å². The van der Waals surface area contributed by atoms with Crippen LogP contribution in [0.3, 0.4) is 0 Å². The van der Waals surface area contributed by atoms with Crippen LogP contribution in [0.15, 0.2) is 20.8 Å². The van der Waals surface area contributed by atoms with E-state index in [1.165, 1.54) is 10.4 Å². The first kappa shape index (κ1) is 7.63. The fraction of sp³-hybridized carbons (Fsp3) is 0.167. The van der Waals surface area contributed by atoms with Crippen molar-refractivity contribution in [1.29, 1.82) is 0 Å². The molecule has 0 aliphatic rings. The highest BCUT2D eigenvalue weighted by Crippen LogP contribution is 2.24. The van der Waals surface area contributed by atoms with Gasteiger partial charge in [-0.25, -0.2) is 0 Å². The Balaban J connectivity index is 2.90. The van der Waals surface area contributed by atoms with Gasteiger partial charge in [0.2, 0.25) is 0 Å². The van der Waals surface area contributed by atoms with E-state index >= 15 is 0 Å². The Kier molecular flexibility index (Phi) is 2.77. The van der Waals surface area contributed by atoms with E-state index in [1.807, 2.05) is 17.7 Å². The van der Waals surface area contributed by atoms with Crippen molar-refractivity contribution in [2.24, 2.45) is 5.16 Å². The predicted octanol–water partition coefficient (Wildman–Crippen LogP) is 2.28. The zero-order chi connectivity index (χ0) is 7.40. The van der Waals surface area contributed by atoms with Crippen molar-refractivity contribution in [2.45, 2.75) is 4.21 Å². The van der Waals surface area contributed by atoms with Gasteiger partial charge in [0.25, 0.3) is 0 Å². The molecule has 0 spiro atoms. The van der Waals surface area contributed by atoms with Gasteiger partial charge in [0.1, 0.15) is 0 Å². The van der Waals surface area contributed by atoms with Gasteiger partial charge in [-0.2, -0.15) is 0 Å². The number of oxime groups is 1. The van der Waals surface area contributed by atoms with Crippen LogP contribution in [0.5, 0.6) is 0 Å². The fourth-order valence-electron chi connectivity index (χ4n) is 0.629. The smallest absolute Gasteiger partial charge is 0.0753 e. The molecule has 0 saturated carbocycles. The van der Waals surface area contributed by atoms with E-state index in [2.05, 4.69) is 5.16 Å². The molecule has 1 N–H and O–H groups in total. The second-order valence-electron chi connectivity index (χ2n) is 1.61. The normalized spacial score (nSPS) is 10.9. The van der Waals surface area contributed by atoms with E-state index in [0.29, 0.717) is 0 Å². The molecule has 10 heavy (non-hydrogen) atoms. The summed E-state index contributed by atoms with van der Waals surface area (Å²) in [6, 6.07) is 1.93. The lowest BCUT2D eigenvalue weighted by Gasteiger charge is -1.88. The topological polar surface area (TPSA) is 32.6 Å². The monoisotopic (exact) mass is 173 g/mol. The van der Waals surface area contributed by atoms with Crippen LogP contribution in [0, 0.1) is 0 Å². The molecule has 1 aromatic rings. The lowest BCUT2D eigenvalue weighted by Crippen LogP contribution is -1.76. The van der Waals surface area contributed by atoms with Crippen molar-refractivity contribution in [3.8, 4) is 0 Å². The highest BCUT2D eigenvalue weighted by atomic mass is 32.2. The molecule has 0 unspecified atom stereocenters. The average molecular weight is 173 g/mol. The third-order valence-corrected chi connectivity index (χ3v) is 3.16. The summed E-state index contributed by atoms with van der Waals surface area (Å²) in [4.78, 5) is 0. The van der Waals surface area contributed by atoms with E-state index in [4.69, 9.17) is 5.21 Å². The second-order valence-corrected chi connectivity index (χ2v) is 3.60. The Morgan fingerprint density at radius 1 is 1.80 bits per heavy atom. The maximum Gasteiger partial charge on any atom is 0.0753 e. The van der Waals surface area contributed by atoms with Gasteiger partial charge in [-0.15, -0.1) is 23.1 Å². The summed E-state index contributed by atoms with van der Waals surface area (Å²) in [6.07, 6.45) is 3.45. The van der Waals surface area contributed by atoms with Gasteiger partial charge in [0.05, 0.1) is 10.4 Å².